The van der Waals surface area contributed by atoms with E-state index in [1.54, 1.807) is 6.07 Å². The molecule has 3 rings (SSSR count). The van der Waals surface area contributed by atoms with E-state index in [1.807, 2.05) is 29.6 Å². The van der Waals surface area contributed by atoms with Gasteiger partial charge < -0.3 is 10.6 Å². The van der Waals surface area contributed by atoms with E-state index in [0.29, 0.717) is 18.5 Å². The molecule has 2 N–H and O–H groups in total. The molecule has 0 atom stereocenters. The van der Waals surface area contributed by atoms with Gasteiger partial charge in [-0.3, -0.25) is 9.59 Å². The van der Waals surface area contributed by atoms with Crippen molar-refractivity contribution in [1.82, 2.24) is 10.3 Å². The molecule has 0 fully saturated rings. The minimum Gasteiger partial charge on any atom is -0.352 e. The Labute approximate surface area is 160 Å². The maximum atomic E-state index is 13.2. The highest BCUT2D eigenvalue weighted by Crippen LogP contribution is 2.25. The number of carbonyl (C=O) groups is 2. The molecule has 5 nitrogen and oxygen atoms in total. The lowest BCUT2D eigenvalue weighted by atomic mass is 10.2. The van der Waals surface area contributed by atoms with Crippen molar-refractivity contribution >= 4 is 28.8 Å². The summed E-state index contributed by atoms with van der Waals surface area (Å²) in [5.41, 5.74) is 2.88. The summed E-state index contributed by atoms with van der Waals surface area (Å²) in [6, 6.07) is 13.1. The number of benzene rings is 2. The lowest BCUT2D eigenvalue weighted by Gasteiger charge is -2.04. The Balaban J connectivity index is 1.55. The van der Waals surface area contributed by atoms with E-state index in [4.69, 9.17) is 0 Å². The predicted molar refractivity (Wildman–Crippen MR) is 104 cm³/mol. The van der Waals surface area contributed by atoms with Crippen LogP contribution in [-0.4, -0.2) is 23.3 Å². The van der Waals surface area contributed by atoms with Gasteiger partial charge in [0.1, 0.15) is 10.8 Å². The number of nitrogens with zero attached hydrogens (tertiary/aromatic N) is 1. The lowest BCUT2D eigenvalue weighted by molar-refractivity contribution is -0.114. The number of rotatable bonds is 6. The van der Waals surface area contributed by atoms with Crippen molar-refractivity contribution in [2.75, 3.05) is 11.9 Å². The third-order valence-electron chi connectivity index (χ3n) is 3.76. The van der Waals surface area contributed by atoms with Gasteiger partial charge in [-0.05, 0) is 42.5 Å². The normalized spacial score (nSPS) is 10.4. The first-order valence-electron chi connectivity index (χ1n) is 8.37. The molecule has 1 aromatic heterocycles. The van der Waals surface area contributed by atoms with E-state index in [-0.39, 0.29) is 11.8 Å². The molecule has 1 heterocycles. The largest absolute Gasteiger partial charge is 0.352 e. The highest BCUT2D eigenvalue weighted by atomic mass is 32.1. The molecule has 0 bridgehead atoms. The van der Waals surface area contributed by atoms with Crippen LogP contribution in [0.5, 0.6) is 0 Å². The summed E-state index contributed by atoms with van der Waals surface area (Å²) in [5.74, 6) is -0.852. The van der Waals surface area contributed by atoms with Gasteiger partial charge in [-0.25, -0.2) is 9.37 Å². The SMILES string of the molecule is CC(=O)Nc1ccc(-c2nc(CCNC(=O)c3cccc(F)c3)cs2)cc1. The van der Waals surface area contributed by atoms with Crippen LogP contribution in [0.2, 0.25) is 0 Å². The fourth-order valence-corrected chi connectivity index (χ4v) is 3.35. The minimum absolute atomic E-state index is 0.112. The second-order valence-corrected chi connectivity index (χ2v) is 6.78. The topological polar surface area (TPSA) is 71.1 Å². The number of amides is 2. The molecule has 2 amide bonds. The Morgan fingerprint density at radius 2 is 1.93 bits per heavy atom. The second-order valence-electron chi connectivity index (χ2n) is 5.92. The van der Waals surface area contributed by atoms with Gasteiger partial charge >= 0.3 is 0 Å². The van der Waals surface area contributed by atoms with E-state index < -0.39 is 5.82 Å². The van der Waals surface area contributed by atoms with Gasteiger partial charge in [-0.2, -0.15) is 0 Å². The van der Waals surface area contributed by atoms with Crippen LogP contribution in [0.25, 0.3) is 10.6 Å². The monoisotopic (exact) mass is 383 g/mol. The summed E-state index contributed by atoms with van der Waals surface area (Å²) in [7, 11) is 0. The molecule has 7 heteroatoms. The standard InChI is InChI=1S/C20H18FN3O2S/c1-13(25)23-17-7-5-14(6-8-17)20-24-18(12-27-20)9-10-22-19(26)15-3-2-4-16(21)11-15/h2-8,11-12H,9-10H2,1H3,(H,22,26)(H,23,25). The number of hydrogen-bond acceptors (Lipinski definition) is 4. The van der Waals surface area contributed by atoms with Crippen LogP contribution in [0.3, 0.4) is 0 Å². The predicted octanol–water partition coefficient (Wildman–Crippen LogP) is 3.88. The molecule has 27 heavy (non-hydrogen) atoms. The fraction of sp³-hybridized carbons (Fsp3) is 0.150. The van der Waals surface area contributed by atoms with Crippen molar-refractivity contribution in [2.24, 2.45) is 0 Å². The van der Waals surface area contributed by atoms with Crippen molar-refractivity contribution in [3.8, 4) is 10.6 Å². The zero-order valence-electron chi connectivity index (χ0n) is 14.7. The second kappa shape index (κ2) is 8.55. The number of hydrogen-bond donors (Lipinski definition) is 2. The molecule has 138 valence electrons. The maximum Gasteiger partial charge on any atom is 0.251 e. The van der Waals surface area contributed by atoms with Gasteiger partial charge in [0, 0.05) is 42.1 Å². The van der Waals surface area contributed by atoms with E-state index >= 15 is 0 Å². The molecule has 3 aromatic rings. The van der Waals surface area contributed by atoms with Crippen LogP contribution in [0.1, 0.15) is 23.0 Å². The Bertz CT molecular complexity index is 954. The first-order chi connectivity index (χ1) is 13.0. The molecule has 0 aliphatic rings. The average Bonchev–Trinajstić information content (AvgIpc) is 3.10. The molecular weight excluding hydrogens is 365 g/mol. The Morgan fingerprint density at radius 1 is 1.15 bits per heavy atom. The van der Waals surface area contributed by atoms with Gasteiger partial charge in [0.25, 0.3) is 5.91 Å². The smallest absolute Gasteiger partial charge is 0.251 e. The van der Waals surface area contributed by atoms with E-state index in [2.05, 4.69) is 15.6 Å². The molecule has 2 aromatic carbocycles. The number of carbonyl (C=O) groups excluding carboxylic acids is 2. The van der Waals surface area contributed by atoms with Crippen LogP contribution < -0.4 is 10.6 Å². The van der Waals surface area contributed by atoms with Crippen molar-refractivity contribution in [3.63, 3.8) is 0 Å². The molecule has 0 spiro atoms. The average molecular weight is 383 g/mol. The summed E-state index contributed by atoms with van der Waals surface area (Å²) in [5, 5.41) is 8.31. The highest BCUT2D eigenvalue weighted by molar-refractivity contribution is 7.13. The van der Waals surface area contributed by atoms with Crippen LogP contribution >= 0.6 is 11.3 Å². The van der Waals surface area contributed by atoms with E-state index in [0.717, 1.165) is 22.0 Å². The highest BCUT2D eigenvalue weighted by Gasteiger charge is 2.08. The number of aromatic nitrogens is 1. The number of nitrogens with one attached hydrogen (secondary N) is 2. The molecule has 0 radical (unpaired) electrons. The quantitative estimate of drug-likeness (QED) is 0.679. The summed E-state index contributed by atoms with van der Waals surface area (Å²) in [4.78, 5) is 27.6. The van der Waals surface area contributed by atoms with Crippen LogP contribution in [0, 0.1) is 5.82 Å². The van der Waals surface area contributed by atoms with Crippen molar-refractivity contribution < 1.29 is 14.0 Å². The molecular formula is C20H18FN3O2S. The van der Waals surface area contributed by atoms with Gasteiger partial charge in [0.05, 0.1) is 5.69 Å². The third kappa shape index (κ3) is 5.21. The van der Waals surface area contributed by atoms with Crippen molar-refractivity contribution in [2.45, 2.75) is 13.3 Å². The van der Waals surface area contributed by atoms with E-state index in [9.17, 15) is 14.0 Å². The Hall–Kier alpha value is -3.06. The van der Waals surface area contributed by atoms with Gasteiger partial charge in [-0.1, -0.05) is 6.07 Å². The summed E-state index contributed by atoms with van der Waals surface area (Å²) >= 11 is 1.52. The summed E-state index contributed by atoms with van der Waals surface area (Å²) in [6.07, 6.45) is 0.585. The zero-order valence-corrected chi connectivity index (χ0v) is 15.5. The molecule has 0 saturated carbocycles. The Kier molecular flexibility index (Phi) is 5.93. The van der Waals surface area contributed by atoms with E-state index in [1.165, 1.54) is 36.5 Å². The first-order valence-corrected chi connectivity index (χ1v) is 9.25. The number of halogens is 1. The van der Waals surface area contributed by atoms with Crippen molar-refractivity contribution in [3.05, 3.63) is 71.0 Å². The molecule has 0 unspecified atom stereocenters. The fourth-order valence-electron chi connectivity index (χ4n) is 2.49. The maximum absolute atomic E-state index is 13.2. The molecule has 0 aliphatic heterocycles. The van der Waals surface area contributed by atoms with Crippen molar-refractivity contribution in [1.29, 1.82) is 0 Å². The Morgan fingerprint density at radius 3 is 2.63 bits per heavy atom. The number of thiazole rings is 1. The van der Waals surface area contributed by atoms with Crippen LogP contribution in [0.4, 0.5) is 10.1 Å². The van der Waals surface area contributed by atoms with Gasteiger partial charge in [-0.15, -0.1) is 11.3 Å². The molecule has 0 saturated heterocycles. The zero-order chi connectivity index (χ0) is 19.2. The summed E-state index contributed by atoms with van der Waals surface area (Å²) in [6.45, 7) is 1.88. The third-order valence-corrected chi connectivity index (χ3v) is 4.70. The van der Waals surface area contributed by atoms with Crippen LogP contribution in [-0.2, 0) is 11.2 Å². The van der Waals surface area contributed by atoms with Gasteiger partial charge in [0.15, 0.2) is 0 Å². The minimum atomic E-state index is -0.434. The molecule has 0 aliphatic carbocycles. The van der Waals surface area contributed by atoms with Gasteiger partial charge in [0.2, 0.25) is 5.91 Å². The summed E-state index contributed by atoms with van der Waals surface area (Å²) < 4.78 is 13.2. The first kappa shape index (κ1) is 18.7. The van der Waals surface area contributed by atoms with Crippen LogP contribution in [0.15, 0.2) is 53.9 Å². The number of anilines is 1. The lowest BCUT2D eigenvalue weighted by Crippen LogP contribution is -2.25.